The van der Waals surface area contributed by atoms with Gasteiger partial charge in [0.25, 0.3) is 11.5 Å². The first-order valence-corrected chi connectivity index (χ1v) is 12.6. The highest BCUT2D eigenvalue weighted by molar-refractivity contribution is 7.98. The van der Waals surface area contributed by atoms with Crippen LogP contribution in [0.3, 0.4) is 0 Å². The Morgan fingerprint density at radius 1 is 1.12 bits per heavy atom. The smallest absolute Gasteiger partial charge is 0.338 e. The molecule has 1 aromatic heterocycles. The highest BCUT2D eigenvalue weighted by Gasteiger charge is 2.36. The molecular formula is C25H21N3O4S2. The summed E-state index contributed by atoms with van der Waals surface area (Å²) in [6.45, 7) is 1.74. The minimum Gasteiger partial charge on any atom is -0.466 e. The summed E-state index contributed by atoms with van der Waals surface area (Å²) >= 11 is 2.77. The number of hydrogen-bond donors (Lipinski definition) is 0. The van der Waals surface area contributed by atoms with E-state index in [1.165, 1.54) is 23.0 Å². The van der Waals surface area contributed by atoms with E-state index in [0.29, 0.717) is 31.7 Å². The van der Waals surface area contributed by atoms with Crippen molar-refractivity contribution in [2.45, 2.75) is 17.9 Å². The number of ether oxygens (including phenoxy) is 1. The Hall–Kier alpha value is -3.43. The van der Waals surface area contributed by atoms with Crippen LogP contribution in [0.5, 0.6) is 0 Å². The minimum atomic E-state index is -0.710. The molecule has 0 aliphatic carbocycles. The fourth-order valence-electron chi connectivity index (χ4n) is 4.43. The van der Waals surface area contributed by atoms with Crippen LogP contribution in [0.1, 0.15) is 24.1 Å². The van der Waals surface area contributed by atoms with E-state index in [2.05, 4.69) is 4.99 Å². The van der Waals surface area contributed by atoms with Gasteiger partial charge in [-0.15, -0.1) is 11.8 Å². The highest BCUT2D eigenvalue weighted by atomic mass is 32.2. The van der Waals surface area contributed by atoms with E-state index < -0.39 is 12.0 Å². The lowest BCUT2D eigenvalue weighted by Gasteiger charge is -2.24. The lowest BCUT2D eigenvalue weighted by molar-refractivity contribution is -0.136. The number of anilines is 1. The molecule has 7 nitrogen and oxygen atoms in total. The van der Waals surface area contributed by atoms with Gasteiger partial charge < -0.3 is 9.64 Å². The number of fused-ring (bicyclic) bond motifs is 2. The number of amides is 1. The monoisotopic (exact) mass is 491 g/mol. The van der Waals surface area contributed by atoms with Gasteiger partial charge in [-0.1, -0.05) is 41.7 Å². The lowest BCUT2D eigenvalue weighted by Crippen LogP contribution is -2.40. The number of para-hydroxylation sites is 1. The molecule has 0 saturated carbocycles. The van der Waals surface area contributed by atoms with E-state index in [9.17, 15) is 14.4 Å². The maximum absolute atomic E-state index is 13.9. The number of thioether (sulfide) groups is 1. The predicted molar refractivity (Wildman–Crippen MR) is 133 cm³/mol. The van der Waals surface area contributed by atoms with Gasteiger partial charge >= 0.3 is 5.97 Å². The zero-order valence-corrected chi connectivity index (χ0v) is 20.6. The molecule has 172 valence electrons. The van der Waals surface area contributed by atoms with Crippen molar-refractivity contribution in [1.82, 2.24) is 4.57 Å². The van der Waals surface area contributed by atoms with E-state index >= 15 is 0 Å². The fraction of sp³-hybridized carbons (Fsp3) is 0.200. The van der Waals surface area contributed by atoms with E-state index in [1.54, 1.807) is 30.6 Å². The molecular weight excluding hydrogens is 470 g/mol. The van der Waals surface area contributed by atoms with Gasteiger partial charge in [0.05, 0.1) is 35.7 Å². The number of carbonyl (C=O) groups excluding carboxylic acids is 2. The van der Waals surface area contributed by atoms with Crippen molar-refractivity contribution in [3.8, 4) is 0 Å². The number of methoxy groups -OCH3 is 1. The summed E-state index contributed by atoms with van der Waals surface area (Å²) < 4.78 is 6.88. The second kappa shape index (κ2) is 8.41. The van der Waals surface area contributed by atoms with Crippen LogP contribution in [-0.2, 0) is 14.3 Å². The second-order valence-corrected chi connectivity index (χ2v) is 9.78. The zero-order valence-electron chi connectivity index (χ0n) is 19.0. The molecule has 1 amide bonds. The van der Waals surface area contributed by atoms with Crippen molar-refractivity contribution in [3.05, 3.63) is 90.6 Å². The second-order valence-electron chi connectivity index (χ2n) is 7.92. The van der Waals surface area contributed by atoms with Crippen molar-refractivity contribution >= 4 is 46.2 Å². The van der Waals surface area contributed by atoms with E-state index in [4.69, 9.17) is 4.74 Å². The summed E-state index contributed by atoms with van der Waals surface area (Å²) in [5, 5.41) is 0. The number of hydrogen-bond acceptors (Lipinski definition) is 7. The maximum Gasteiger partial charge on any atom is 0.338 e. The number of aromatic nitrogens is 1. The molecule has 0 bridgehead atoms. The third-order valence-corrected chi connectivity index (χ3v) is 7.91. The van der Waals surface area contributed by atoms with Crippen molar-refractivity contribution in [1.29, 1.82) is 0 Å². The Labute approximate surface area is 203 Å². The van der Waals surface area contributed by atoms with Gasteiger partial charge in [-0.3, -0.25) is 14.2 Å². The third-order valence-electron chi connectivity index (χ3n) is 6.11. The largest absolute Gasteiger partial charge is 0.466 e. The maximum atomic E-state index is 13.9. The number of benzene rings is 2. The first-order valence-electron chi connectivity index (χ1n) is 10.5. The number of carbonyl (C=O) groups is 2. The van der Waals surface area contributed by atoms with Crippen LogP contribution in [0, 0.1) is 0 Å². The number of rotatable bonds is 3. The van der Waals surface area contributed by atoms with Crippen LogP contribution >= 0.6 is 23.1 Å². The van der Waals surface area contributed by atoms with Crippen molar-refractivity contribution < 1.29 is 14.3 Å². The predicted octanol–water partition coefficient (Wildman–Crippen LogP) is 2.48. The van der Waals surface area contributed by atoms with E-state index in [-0.39, 0.29) is 11.5 Å². The molecule has 1 unspecified atom stereocenters. The summed E-state index contributed by atoms with van der Waals surface area (Å²) in [7, 11) is 3.01. The van der Waals surface area contributed by atoms with Gasteiger partial charge in [-0.05, 0) is 36.9 Å². The highest BCUT2D eigenvalue weighted by Crippen LogP contribution is 2.34. The van der Waals surface area contributed by atoms with Crippen LogP contribution in [0.15, 0.2) is 74.5 Å². The number of allylic oxidation sites excluding steroid dienone is 1. The first kappa shape index (κ1) is 22.4. The first-order chi connectivity index (χ1) is 16.4. The number of likely N-dealkylation sites (N-methyl/N-ethyl adjacent to an activating group) is 1. The molecule has 0 spiro atoms. The Morgan fingerprint density at radius 2 is 1.82 bits per heavy atom. The van der Waals surface area contributed by atoms with Gasteiger partial charge in [0.15, 0.2) is 4.80 Å². The van der Waals surface area contributed by atoms with Gasteiger partial charge in [0.2, 0.25) is 0 Å². The molecule has 2 aromatic carbocycles. The molecule has 34 heavy (non-hydrogen) atoms. The molecule has 3 heterocycles. The molecule has 0 saturated heterocycles. The Kier molecular flexibility index (Phi) is 5.53. The molecule has 5 rings (SSSR count). The summed E-state index contributed by atoms with van der Waals surface area (Å²) in [6.07, 6.45) is 1.98. The fourth-order valence-corrected chi connectivity index (χ4v) is 5.98. The van der Waals surface area contributed by atoms with Crippen molar-refractivity contribution in [2.75, 3.05) is 25.3 Å². The van der Waals surface area contributed by atoms with Crippen LogP contribution < -0.4 is 19.8 Å². The van der Waals surface area contributed by atoms with Gasteiger partial charge in [-0.25, -0.2) is 9.79 Å². The van der Waals surface area contributed by atoms with E-state index in [0.717, 1.165) is 16.1 Å². The Bertz CT molecular complexity index is 1560. The summed E-state index contributed by atoms with van der Waals surface area (Å²) in [5.41, 5.74) is 3.02. The molecule has 2 aliphatic rings. The SMILES string of the molecule is COC(=O)C1=C(C)N=c2sc(=C3C(=O)N(C)c4ccccc43)c(=O)n2C1c1ccc(SC)cc1. The van der Waals surface area contributed by atoms with Crippen LogP contribution in [0.25, 0.3) is 5.57 Å². The average molecular weight is 492 g/mol. The summed E-state index contributed by atoms with van der Waals surface area (Å²) in [6, 6.07) is 14.4. The number of thiazole rings is 1. The normalized spacial score (nSPS) is 18.5. The molecule has 1 atom stereocenters. The molecule has 3 aromatic rings. The molecule has 0 radical (unpaired) electrons. The number of nitrogens with zero attached hydrogens (tertiary/aromatic N) is 3. The third kappa shape index (κ3) is 3.26. The standard InChI is InChI=1S/C25H21N3O4S2/c1-13-18(24(31)32-3)20(14-9-11-15(33-4)12-10-14)28-23(30)21(34-25(28)26-13)19-16-7-5-6-8-17(16)27(2)22(19)29/h5-12,20H,1-4H3. The van der Waals surface area contributed by atoms with Crippen molar-refractivity contribution in [2.24, 2.45) is 4.99 Å². The quantitative estimate of drug-likeness (QED) is 0.415. The molecule has 0 fully saturated rings. The zero-order chi connectivity index (χ0) is 24.1. The molecule has 2 aliphatic heterocycles. The van der Waals surface area contributed by atoms with Crippen LogP contribution in [0.4, 0.5) is 5.69 Å². The van der Waals surface area contributed by atoms with Gasteiger partial charge in [-0.2, -0.15) is 0 Å². The molecule has 9 heteroatoms. The van der Waals surface area contributed by atoms with E-state index in [1.807, 2.05) is 54.8 Å². The van der Waals surface area contributed by atoms with Crippen molar-refractivity contribution in [3.63, 3.8) is 0 Å². The summed E-state index contributed by atoms with van der Waals surface area (Å²) in [5.74, 6) is -0.781. The number of esters is 1. The van der Waals surface area contributed by atoms with Gasteiger partial charge in [0.1, 0.15) is 4.53 Å². The van der Waals surface area contributed by atoms with Crippen LogP contribution in [0.2, 0.25) is 0 Å². The topological polar surface area (TPSA) is 81.0 Å². The lowest BCUT2D eigenvalue weighted by atomic mass is 9.96. The average Bonchev–Trinajstić information content (AvgIpc) is 3.30. The van der Waals surface area contributed by atoms with Crippen LogP contribution in [-0.4, -0.2) is 36.9 Å². The summed E-state index contributed by atoms with van der Waals surface area (Å²) in [4.78, 5) is 47.5. The van der Waals surface area contributed by atoms with Gasteiger partial charge in [0, 0.05) is 17.5 Å². The Balaban J connectivity index is 1.83. The Morgan fingerprint density at radius 3 is 2.50 bits per heavy atom. The minimum absolute atomic E-state index is 0.240. The molecule has 0 N–H and O–H groups in total.